The first-order valence-corrected chi connectivity index (χ1v) is 5.40. The standard InChI is InChI=1S/C13H17NO4/c1-5-6-12(15)14-9-7-10(16-2)13(18-4)11(8-9)17-3/h5-8H,1-4H3,(H,14,15). The van der Waals surface area contributed by atoms with Crippen LogP contribution < -0.4 is 19.5 Å². The molecule has 0 saturated heterocycles. The van der Waals surface area contributed by atoms with Gasteiger partial charge in [0, 0.05) is 17.8 Å². The Morgan fingerprint density at radius 3 is 2.06 bits per heavy atom. The van der Waals surface area contributed by atoms with E-state index in [1.54, 1.807) is 25.1 Å². The Kier molecular flexibility index (Phi) is 5.05. The van der Waals surface area contributed by atoms with Gasteiger partial charge in [0.1, 0.15) is 0 Å². The van der Waals surface area contributed by atoms with Crippen molar-refractivity contribution in [2.24, 2.45) is 0 Å². The lowest BCUT2D eigenvalue weighted by Gasteiger charge is -2.14. The molecule has 98 valence electrons. The Balaban J connectivity index is 3.11. The molecule has 0 bridgehead atoms. The van der Waals surface area contributed by atoms with Crippen molar-refractivity contribution >= 4 is 11.6 Å². The maximum absolute atomic E-state index is 11.5. The lowest BCUT2D eigenvalue weighted by atomic mass is 10.2. The van der Waals surface area contributed by atoms with Crippen molar-refractivity contribution in [2.45, 2.75) is 6.92 Å². The highest BCUT2D eigenvalue weighted by Gasteiger charge is 2.13. The number of rotatable bonds is 5. The van der Waals surface area contributed by atoms with E-state index in [0.29, 0.717) is 22.9 Å². The van der Waals surface area contributed by atoms with Crippen molar-refractivity contribution in [3.05, 3.63) is 24.3 Å². The van der Waals surface area contributed by atoms with Crippen LogP contribution in [0.15, 0.2) is 24.3 Å². The molecule has 0 fully saturated rings. The summed E-state index contributed by atoms with van der Waals surface area (Å²) in [6.07, 6.45) is 3.09. The highest BCUT2D eigenvalue weighted by Crippen LogP contribution is 2.39. The maximum Gasteiger partial charge on any atom is 0.248 e. The molecule has 5 heteroatoms. The number of hydrogen-bond donors (Lipinski definition) is 1. The first-order chi connectivity index (χ1) is 8.65. The second-order valence-electron chi connectivity index (χ2n) is 3.40. The first-order valence-electron chi connectivity index (χ1n) is 5.40. The predicted octanol–water partition coefficient (Wildman–Crippen LogP) is 2.23. The van der Waals surface area contributed by atoms with E-state index < -0.39 is 0 Å². The monoisotopic (exact) mass is 251 g/mol. The highest BCUT2D eigenvalue weighted by atomic mass is 16.5. The van der Waals surface area contributed by atoms with Gasteiger partial charge in [-0.1, -0.05) is 6.08 Å². The normalized spacial score (nSPS) is 10.2. The number of methoxy groups -OCH3 is 3. The summed E-state index contributed by atoms with van der Waals surface area (Å²) in [5, 5.41) is 2.70. The average Bonchev–Trinajstić information content (AvgIpc) is 2.37. The summed E-state index contributed by atoms with van der Waals surface area (Å²) in [7, 11) is 4.57. The molecular weight excluding hydrogens is 234 g/mol. The Hall–Kier alpha value is -2.17. The van der Waals surface area contributed by atoms with Gasteiger partial charge in [-0.25, -0.2) is 0 Å². The molecule has 0 radical (unpaired) electrons. The zero-order valence-electron chi connectivity index (χ0n) is 10.9. The molecule has 1 amide bonds. The van der Waals surface area contributed by atoms with Crippen LogP contribution in [-0.4, -0.2) is 27.2 Å². The molecule has 0 spiro atoms. The van der Waals surface area contributed by atoms with Crippen molar-refractivity contribution in [3.8, 4) is 17.2 Å². The van der Waals surface area contributed by atoms with E-state index in [4.69, 9.17) is 14.2 Å². The lowest BCUT2D eigenvalue weighted by molar-refractivity contribution is -0.111. The van der Waals surface area contributed by atoms with Crippen LogP contribution in [0.25, 0.3) is 0 Å². The van der Waals surface area contributed by atoms with Crippen molar-refractivity contribution in [3.63, 3.8) is 0 Å². The molecule has 18 heavy (non-hydrogen) atoms. The minimum absolute atomic E-state index is 0.216. The molecule has 0 saturated carbocycles. The zero-order valence-corrected chi connectivity index (χ0v) is 10.9. The van der Waals surface area contributed by atoms with Gasteiger partial charge in [-0.3, -0.25) is 4.79 Å². The molecule has 5 nitrogen and oxygen atoms in total. The Morgan fingerprint density at radius 1 is 1.11 bits per heavy atom. The van der Waals surface area contributed by atoms with E-state index in [-0.39, 0.29) is 5.91 Å². The zero-order chi connectivity index (χ0) is 13.5. The van der Waals surface area contributed by atoms with Crippen LogP contribution in [0.4, 0.5) is 5.69 Å². The van der Waals surface area contributed by atoms with Gasteiger partial charge in [-0.15, -0.1) is 0 Å². The summed E-state index contributed by atoms with van der Waals surface area (Å²) in [5.41, 5.74) is 0.576. The van der Waals surface area contributed by atoms with Gasteiger partial charge in [-0.05, 0) is 13.0 Å². The van der Waals surface area contributed by atoms with Crippen LogP contribution in [0, 0.1) is 0 Å². The summed E-state index contributed by atoms with van der Waals surface area (Å²) in [6.45, 7) is 1.77. The topological polar surface area (TPSA) is 56.8 Å². The Labute approximate surface area is 106 Å². The number of allylic oxidation sites excluding steroid dienone is 1. The van der Waals surface area contributed by atoms with E-state index in [2.05, 4.69) is 5.32 Å². The second-order valence-corrected chi connectivity index (χ2v) is 3.40. The van der Waals surface area contributed by atoms with Gasteiger partial charge in [0.15, 0.2) is 11.5 Å². The van der Waals surface area contributed by atoms with Crippen LogP contribution in [0.3, 0.4) is 0 Å². The molecule has 0 aliphatic heterocycles. The van der Waals surface area contributed by atoms with Crippen LogP contribution in [0.2, 0.25) is 0 Å². The molecule has 1 aromatic carbocycles. The molecule has 1 rings (SSSR count). The van der Waals surface area contributed by atoms with Gasteiger partial charge in [0.25, 0.3) is 0 Å². The number of carbonyl (C=O) groups excluding carboxylic acids is 1. The molecule has 1 aromatic rings. The first kappa shape index (κ1) is 13.9. The van der Waals surface area contributed by atoms with Crippen molar-refractivity contribution < 1.29 is 19.0 Å². The van der Waals surface area contributed by atoms with E-state index >= 15 is 0 Å². The third-order valence-corrected chi connectivity index (χ3v) is 2.25. The van der Waals surface area contributed by atoms with Crippen LogP contribution in [0.5, 0.6) is 17.2 Å². The fraction of sp³-hybridized carbons (Fsp3) is 0.308. The van der Waals surface area contributed by atoms with Crippen LogP contribution in [-0.2, 0) is 4.79 Å². The molecule has 0 aliphatic rings. The molecular formula is C13H17NO4. The lowest BCUT2D eigenvalue weighted by Crippen LogP contribution is -2.08. The summed E-state index contributed by atoms with van der Waals surface area (Å²) < 4.78 is 15.6. The number of benzene rings is 1. The molecule has 0 unspecified atom stereocenters. The van der Waals surface area contributed by atoms with E-state index in [9.17, 15) is 4.79 Å². The molecule has 1 N–H and O–H groups in total. The molecule has 0 heterocycles. The summed E-state index contributed by atoms with van der Waals surface area (Å²) in [6, 6.07) is 3.34. The predicted molar refractivity (Wildman–Crippen MR) is 69.5 cm³/mol. The fourth-order valence-electron chi connectivity index (χ4n) is 1.49. The summed E-state index contributed by atoms with van der Waals surface area (Å²) in [5.74, 6) is 1.26. The number of carbonyl (C=O) groups is 1. The fourth-order valence-corrected chi connectivity index (χ4v) is 1.49. The summed E-state index contributed by atoms with van der Waals surface area (Å²) in [4.78, 5) is 11.5. The van der Waals surface area contributed by atoms with Crippen LogP contribution >= 0.6 is 0 Å². The number of hydrogen-bond acceptors (Lipinski definition) is 4. The quantitative estimate of drug-likeness (QED) is 0.815. The third-order valence-electron chi connectivity index (χ3n) is 2.25. The van der Waals surface area contributed by atoms with Gasteiger partial charge in [0.2, 0.25) is 11.7 Å². The van der Waals surface area contributed by atoms with Gasteiger partial charge < -0.3 is 19.5 Å². The highest BCUT2D eigenvalue weighted by molar-refractivity contribution is 5.99. The van der Waals surface area contributed by atoms with Crippen molar-refractivity contribution in [2.75, 3.05) is 26.6 Å². The number of amides is 1. The smallest absolute Gasteiger partial charge is 0.248 e. The Morgan fingerprint density at radius 2 is 1.67 bits per heavy atom. The average molecular weight is 251 g/mol. The van der Waals surface area contributed by atoms with Gasteiger partial charge >= 0.3 is 0 Å². The van der Waals surface area contributed by atoms with Gasteiger partial charge in [0.05, 0.1) is 21.3 Å². The van der Waals surface area contributed by atoms with Crippen LogP contribution in [0.1, 0.15) is 6.92 Å². The van der Waals surface area contributed by atoms with Gasteiger partial charge in [-0.2, -0.15) is 0 Å². The van der Waals surface area contributed by atoms with E-state index in [1.807, 2.05) is 0 Å². The third kappa shape index (κ3) is 3.16. The molecule has 0 aliphatic carbocycles. The minimum Gasteiger partial charge on any atom is -0.493 e. The molecule has 0 atom stereocenters. The van der Waals surface area contributed by atoms with Crippen molar-refractivity contribution in [1.29, 1.82) is 0 Å². The van der Waals surface area contributed by atoms with Crippen molar-refractivity contribution in [1.82, 2.24) is 0 Å². The Bertz CT molecular complexity index is 429. The molecule has 0 aromatic heterocycles. The SMILES string of the molecule is CC=CC(=O)Nc1cc(OC)c(OC)c(OC)c1. The number of ether oxygens (including phenoxy) is 3. The maximum atomic E-state index is 11.5. The van der Waals surface area contributed by atoms with E-state index in [1.165, 1.54) is 27.4 Å². The van der Waals surface area contributed by atoms with E-state index in [0.717, 1.165) is 0 Å². The second kappa shape index (κ2) is 6.54. The minimum atomic E-state index is -0.216. The number of anilines is 1. The largest absolute Gasteiger partial charge is 0.493 e. The summed E-state index contributed by atoms with van der Waals surface area (Å²) >= 11 is 0. The number of nitrogens with one attached hydrogen (secondary N) is 1.